The number of para-hydroxylation sites is 1. The summed E-state index contributed by atoms with van der Waals surface area (Å²) in [5.74, 6) is -0.808. The quantitative estimate of drug-likeness (QED) is 0.586. The summed E-state index contributed by atoms with van der Waals surface area (Å²) in [4.78, 5) is 9.97. The third kappa shape index (κ3) is 2.13. The number of hydrogen-bond donors (Lipinski definition) is 0. The summed E-state index contributed by atoms with van der Waals surface area (Å²) in [6.07, 6.45) is 3.88. The van der Waals surface area contributed by atoms with Crippen molar-refractivity contribution in [3.8, 4) is 5.75 Å². The molecule has 4 nitrogen and oxygen atoms in total. The normalized spacial score (nSPS) is 16.3. The van der Waals surface area contributed by atoms with Crippen molar-refractivity contribution in [2.45, 2.75) is 31.8 Å². The van der Waals surface area contributed by atoms with Gasteiger partial charge in [0.25, 0.3) is 0 Å². The summed E-state index contributed by atoms with van der Waals surface area (Å²) in [7, 11) is 0. The van der Waals surface area contributed by atoms with Gasteiger partial charge in [0.2, 0.25) is 11.6 Å². The smallest absolute Gasteiger partial charge is 0.346 e. The average molecular weight is 225 g/mol. The molecule has 0 atom stereocenters. The summed E-state index contributed by atoms with van der Waals surface area (Å²) in [6, 6.07) is 3.94. The molecule has 1 aliphatic carbocycles. The van der Waals surface area contributed by atoms with E-state index < -0.39 is 16.4 Å². The lowest BCUT2D eigenvalue weighted by atomic mass is 10.2. The summed E-state index contributed by atoms with van der Waals surface area (Å²) in [5.41, 5.74) is -0.561. The molecule has 0 aromatic heterocycles. The number of ether oxygens (including phenoxy) is 1. The molecule has 0 heterocycles. The molecule has 1 saturated carbocycles. The summed E-state index contributed by atoms with van der Waals surface area (Å²) in [6.45, 7) is 0. The molecule has 1 aliphatic rings. The van der Waals surface area contributed by atoms with Gasteiger partial charge in [0.1, 0.15) is 0 Å². The maximum atomic E-state index is 13.3. The first-order valence-corrected chi connectivity index (χ1v) is 5.28. The van der Waals surface area contributed by atoms with Gasteiger partial charge in [-0.15, -0.1) is 0 Å². The molecule has 1 aromatic carbocycles. The van der Waals surface area contributed by atoms with Crippen molar-refractivity contribution >= 4 is 5.69 Å². The molecule has 1 fully saturated rings. The summed E-state index contributed by atoms with van der Waals surface area (Å²) >= 11 is 0. The lowest BCUT2D eigenvalue weighted by Crippen LogP contribution is -2.12. The highest BCUT2D eigenvalue weighted by Gasteiger charge is 2.25. The van der Waals surface area contributed by atoms with Gasteiger partial charge in [0, 0.05) is 0 Å². The fourth-order valence-electron chi connectivity index (χ4n) is 1.95. The van der Waals surface area contributed by atoms with Crippen LogP contribution in [0.5, 0.6) is 5.75 Å². The minimum absolute atomic E-state index is 0.0134. The monoisotopic (exact) mass is 225 g/mol. The van der Waals surface area contributed by atoms with Crippen LogP contribution in [-0.4, -0.2) is 11.0 Å². The standard InChI is InChI=1S/C11H12FNO3/c12-9-6-3-7-10(11(9)13(14)15)16-8-4-1-2-5-8/h3,6-8H,1-2,4-5H2. The van der Waals surface area contributed by atoms with Crippen LogP contribution in [0.2, 0.25) is 0 Å². The lowest BCUT2D eigenvalue weighted by Gasteiger charge is -2.12. The molecule has 0 N–H and O–H groups in total. The van der Waals surface area contributed by atoms with Crippen molar-refractivity contribution in [2.75, 3.05) is 0 Å². The minimum atomic E-state index is -0.847. The molecule has 0 saturated heterocycles. The Morgan fingerprint density at radius 1 is 1.38 bits per heavy atom. The van der Waals surface area contributed by atoms with Gasteiger partial charge >= 0.3 is 5.69 Å². The predicted molar refractivity (Wildman–Crippen MR) is 55.9 cm³/mol. The molecule has 0 aliphatic heterocycles. The first kappa shape index (κ1) is 10.9. The zero-order chi connectivity index (χ0) is 11.5. The van der Waals surface area contributed by atoms with Crippen LogP contribution in [0.3, 0.4) is 0 Å². The van der Waals surface area contributed by atoms with Crippen molar-refractivity contribution in [1.29, 1.82) is 0 Å². The topological polar surface area (TPSA) is 52.4 Å². The molecule has 2 rings (SSSR count). The molecular weight excluding hydrogens is 213 g/mol. The van der Waals surface area contributed by atoms with Gasteiger partial charge in [-0.25, -0.2) is 0 Å². The largest absolute Gasteiger partial charge is 0.483 e. The van der Waals surface area contributed by atoms with Crippen molar-refractivity contribution in [1.82, 2.24) is 0 Å². The van der Waals surface area contributed by atoms with E-state index in [2.05, 4.69) is 0 Å². The molecule has 0 radical (unpaired) electrons. The molecule has 86 valence electrons. The van der Waals surface area contributed by atoms with Crippen molar-refractivity contribution in [3.63, 3.8) is 0 Å². The first-order valence-electron chi connectivity index (χ1n) is 5.28. The highest BCUT2D eigenvalue weighted by molar-refractivity contribution is 5.47. The number of nitro benzene ring substituents is 1. The van der Waals surface area contributed by atoms with Gasteiger partial charge in [-0.2, -0.15) is 4.39 Å². The zero-order valence-electron chi connectivity index (χ0n) is 8.69. The van der Waals surface area contributed by atoms with Gasteiger partial charge < -0.3 is 4.74 Å². The van der Waals surface area contributed by atoms with Crippen molar-refractivity contribution in [2.24, 2.45) is 0 Å². The molecule has 1 aromatic rings. The maximum Gasteiger partial charge on any atom is 0.346 e. The van der Waals surface area contributed by atoms with E-state index in [4.69, 9.17) is 4.74 Å². The van der Waals surface area contributed by atoms with Gasteiger partial charge in [0.05, 0.1) is 11.0 Å². The Labute approximate surface area is 92.2 Å². The van der Waals surface area contributed by atoms with E-state index in [1.807, 2.05) is 0 Å². The molecule has 0 amide bonds. The van der Waals surface area contributed by atoms with E-state index in [9.17, 15) is 14.5 Å². The van der Waals surface area contributed by atoms with E-state index in [1.54, 1.807) is 0 Å². The second-order valence-electron chi connectivity index (χ2n) is 3.87. The molecule has 5 heteroatoms. The van der Waals surface area contributed by atoms with Crippen LogP contribution in [0, 0.1) is 15.9 Å². The van der Waals surface area contributed by atoms with Crippen LogP contribution in [0.15, 0.2) is 18.2 Å². The van der Waals surface area contributed by atoms with Crippen LogP contribution in [-0.2, 0) is 0 Å². The highest BCUT2D eigenvalue weighted by Crippen LogP contribution is 2.33. The van der Waals surface area contributed by atoms with Gasteiger partial charge in [-0.1, -0.05) is 6.07 Å². The van der Waals surface area contributed by atoms with Crippen LogP contribution in [0.4, 0.5) is 10.1 Å². The Balaban J connectivity index is 2.25. The Morgan fingerprint density at radius 2 is 2.06 bits per heavy atom. The lowest BCUT2D eigenvalue weighted by molar-refractivity contribution is -0.388. The molecule has 0 spiro atoms. The van der Waals surface area contributed by atoms with E-state index in [-0.39, 0.29) is 11.9 Å². The van der Waals surface area contributed by atoms with Crippen molar-refractivity contribution in [3.05, 3.63) is 34.1 Å². The third-order valence-electron chi connectivity index (χ3n) is 2.73. The highest BCUT2D eigenvalue weighted by atomic mass is 19.1. The fraction of sp³-hybridized carbons (Fsp3) is 0.455. The molecule has 0 unspecified atom stereocenters. The second kappa shape index (κ2) is 4.47. The number of rotatable bonds is 3. The number of benzene rings is 1. The van der Waals surface area contributed by atoms with E-state index >= 15 is 0 Å². The van der Waals surface area contributed by atoms with E-state index in [1.165, 1.54) is 12.1 Å². The Hall–Kier alpha value is -1.65. The molecular formula is C11H12FNO3. The zero-order valence-corrected chi connectivity index (χ0v) is 8.69. The van der Waals surface area contributed by atoms with Crippen LogP contribution >= 0.6 is 0 Å². The third-order valence-corrected chi connectivity index (χ3v) is 2.73. The SMILES string of the molecule is O=[N+]([O-])c1c(F)cccc1OC1CCCC1. The average Bonchev–Trinajstić information content (AvgIpc) is 2.70. The number of nitrogens with zero attached hydrogens (tertiary/aromatic N) is 1. The molecule has 16 heavy (non-hydrogen) atoms. The molecule has 0 bridgehead atoms. The fourth-order valence-corrected chi connectivity index (χ4v) is 1.95. The summed E-state index contributed by atoms with van der Waals surface area (Å²) in [5, 5.41) is 10.7. The maximum absolute atomic E-state index is 13.3. The number of halogens is 1. The minimum Gasteiger partial charge on any atom is -0.483 e. The predicted octanol–water partition coefficient (Wildman–Crippen LogP) is 3.06. The van der Waals surface area contributed by atoms with Crippen molar-refractivity contribution < 1.29 is 14.1 Å². The Morgan fingerprint density at radius 3 is 2.69 bits per heavy atom. The van der Waals surface area contributed by atoms with Gasteiger partial charge in [-0.3, -0.25) is 10.1 Å². The number of nitro groups is 1. The van der Waals surface area contributed by atoms with E-state index in [0.717, 1.165) is 31.7 Å². The van der Waals surface area contributed by atoms with Crippen LogP contribution in [0.1, 0.15) is 25.7 Å². The van der Waals surface area contributed by atoms with Crippen LogP contribution < -0.4 is 4.74 Å². The Kier molecular flexibility index (Phi) is 3.03. The van der Waals surface area contributed by atoms with E-state index in [0.29, 0.717) is 0 Å². The van der Waals surface area contributed by atoms with Gasteiger partial charge in [-0.05, 0) is 37.8 Å². The van der Waals surface area contributed by atoms with Crippen LogP contribution in [0.25, 0.3) is 0 Å². The van der Waals surface area contributed by atoms with Gasteiger partial charge in [0.15, 0.2) is 0 Å². The Bertz CT molecular complexity index is 402. The second-order valence-corrected chi connectivity index (χ2v) is 3.87. The first-order chi connectivity index (χ1) is 7.68. The summed E-state index contributed by atoms with van der Waals surface area (Å²) < 4.78 is 18.7. The number of hydrogen-bond acceptors (Lipinski definition) is 3.